The van der Waals surface area contributed by atoms with Crippen LogP contribution in [-0.4, -0.2) is 17.5 Å². The summed E-state index contributed by atoms with van der Waals surface area (Å²) >= 11 is 1.73. The summed E-state index contributed by atoms with van der Waals surface area (Å²) in [4.78, 5) is 14.0. The molecule has 0 fully saturated rings. The van der Waals surface area contributed by atoms with Crippen LogP contribution in [-0.2, 0) is 0 Å². The molecule has 2 amide bonds. The topological polar surface area (TPSA) is 32.3 Å². The first-order valence-electron chi connectivity index (χ1n) is 6.99. The van der Waals surface area contributed by atoms with Crippen molar-refractivity contribution in [3.8, 4) is 0 Å². The van der Waals surface area contributed by atoms with E-state index in [1.807, 2.05) is 24.0 Å². The van der Waals surface area contributed by atoms with Gasteiger partial charge in [-0.2, -0.15) is 0 Å². The average molecular weight is 286 g/mol. The lowest BCUT2D eigenvalue weighted by Crippen LogP contribution is -2.44. The van der Waals surface area contributed by atoms with E-state index in [9.17, 15) is 4.79 Å². The highest BCUT2D eigenvalue weighted by Gasteiger charge is 2.26. The van der Waals surface area contributed by atoms with Crippen molar-refractivity contribution in [2.75, 3.05) is 6.54 Å². The number of thiophene rings is 1. The lowest BCUT2D eigenvalue weighted by molar-refractivity contribution is 0.205. The van der Waals surface area contributed by atoms with Crippen LogP contribution >= 0.6 is 11.3 Å². The third-order valence-electron chi connectivity index (χ3n) is 3.75. The maximum absolute atomic E-state index is 12.2. The summed E-state index contributed by atoms with van der Waals surface area (Å²) in [5.74, 6) is 0. The molecule has 104 valence electrons. The summed E-state index contributed by atoms with van der Waals surface area (Å²) in [6, 6.07) is 8.33. The molecule has 0 aliphatic carbocycles. The number of amides is 2. The number of allylic oxidation sites excluding steroid dienone is 1. The molecule has 3 nitrogen and oxygen atoms in total. The van der Waals surface area contributed by atoms with Crippen molar-refractivity contribution in [2.24, 2.45) is 0 Å². The van der Waals surface area contributed by atoms with E-state index in [1.165, 1.54) is 15.6 Å². The summed E-state index contributed by atoms with van der Waals surface area (Å²) in [5.41, 5.74) is 2.30. The average Bonchev–Trinajstić information content (AvgIpc) is 2.90. The standard InChI is InChI=1S/C16H18N2OS/c1-3-11-9-14(17-16(19)18(11)4-2)13-10-20-15-8-6-5-7-12(13)15/h5-10,14H,3-4H2,1-2H3,(H,17,19). The van der Waals surface area contributed by atoms with Gasteiger partial charge in [0, 0.05) is 16.9 Å². The van der Waals surface area contributed by atoms with Gasteiger partial charge in [0.15, 0.2) is 0 Å². The fraction of sp³-hybridized carbons (Fsp3) is 0.312. The number of hydrogen-bond donors (Lipinski definition) is 1. The third kappa shape index (κ3) is 2.10. The van der Waals surface area contributed by atoms with Crippen LogP contribution in [0.1, 0.15) is 31.9 Å². The van der Waals surface area contributed by atoms with Crippen molar-refractivity contribution in [3.05, 3.63) is 47.0 Å². The molecule has 0 spiro atoms. The van der Waals surface area contributed by atoms with Gasteiger partial charge in [-0.25, -0.2) is 4.79 Å². The second-order valence-electron chi connectivity index (χ2n) is 4.87. The number of hydrogen-bond acceptors (Lipinski definition) is 2. The molecule has 1 aliphatic rings. The van der Waals surface area contributed by atoms with E-state index in [-0.39, 0.29) is 12.1 Å². The number of fused-ring (bicyclic) bond motifs is 1. The van der Waals surface area contributed by atoms with Crippen molar-refractivity contribution in [2.45, 2.75) is 26.3 Å². The Morgan fingerprint density at radius 1 is 1.30 bits per heavy atom. The van der Waals surface area contributed by atoms with Crippen LogP contribution in [0.3, 0.4) is 0 Å². The van der Waals surface area contributed by atoms with Gasteiger partial charge < -0.3 is 5.32 Å². The van der Waals surface area contributed by atoms with Gasteiger partial charge in [-0.1, -0.05) is 25.1 Å². The van der Waals surface area contributed by atoms with Crippen LogP contribution in [0.25, 0.3) is 10.1 Å². The van der Waals surface area contributed by atoms with E-state index < -0.39 is 0 Å². The summed E-state index contributed by atoms with van der Waals surface area (Å²) in [6.07, 6.45) is 3.05. The second kappa shape index (κ2) is 5.29. The molecule has 2 aromatic rings. The van der Waals surface area contributed by atoms with Gasteiger partial charge in [-0.05, 0) is 41.8 Å². The maximum atomic E-state index is 12.2. The first kappa shape index (κ1) is 13.2. The van der Waals surface area contributed by atoms with E-state index in [4.69, 9.17) is 0 Å². The van der Waals surface area contributed by atoms with Crippen LogP contribution in [0.15, 0.2) is 41.4 Å². The number of carbonyl (C=O) groups is 1. The lowest BCUT2D eigenvalue weighted by Gasteiger charge is -2.32. The fourth-order valence-corrected chi connectivity index (χ4v) is 3.73. The Balaban J connectivity index is 2.04. The number of urea groups is 1. The highest BCUT2D eigenvalue weighted by atomic mass is 32.1. The number of rotatable bonds is 3. The van der Waals surface area contributed by atoms with Gasteiger partial charge in [0.2, 0.25) is 0 Å². The maximum Gasteiger partial charge on any atom is 0.322 e. The molecule has 2 heterocycles. The molecular weight excluding hydrogens is 268 g/mol. The van der Waals surface area contributed by atoms with Gasteiger partial charge in [0.1, 0.15) is 0 Å². The summed E-state index contributed by atoms with van der Waals surface area (Å²) < 4.78 is 1.26. The Bertz CT molecular complexity index is 674. The van der Waals surface area contributed by atoms with Crippen molar-refractivity contribution < 1.29 is 4.79 Å². The smallest absolute Gasteiger partial charge is 0.322 e. The van der Waals surface area contributed by atoms with Gasteiger partial charge in [0.05, 0.1) is 6.04 Å². The SMILES string of the molecule is CCC1=CC(c2csc3ccccc23)NC(=O)N1CC. The highest BCUT2D eigenvalue weighted by Crippen LogP contribution is 2.33. The molecule has 0 radical (unpaired) electrons. The predicted octanol–water partition coefficient (Wildman–Crippen LogP) is 4.28. The first-order chi connectivity index (χ1) is 9.74. The molecular formula is C16H18N2OS. The Kier molecular flexibility index (Phi) is 3.49. The Hall–Kier alpha value is -1.81. The largest absolute Gasteiger partial charge is 0.327 e. The zero-order valence-corrected chi connectivity index (χ0v) is 12.5. The molecule has 1 aromatic heterocycles. The highest BCUT2D eigenvalue weighted by molar-refractivity contribution is 7.17. The summed E-state index contributed by atoms with van der Waals surface area (Å²) in [5, 5.41) is 6.48. The number of benzene rings is 1. The van der Waals surface area contributed by atoms with Crippen molar-refractivity contribution in [1.29, 1.82) is 0 Å². The minimum Gasteiger partial charge on any atom is -0.327 e. The van der Waals surface area contributed by atoms with Crippen LogP contribution in [0.4, 0.5) is 4.79 Å². The summed E-state index contributed by atoms with van der Waals surface area (Å²) in [6.45, 7) is 4.81. The molecule has 1 unspecified atom stereocenters. The van der Waals surface area contributed by atoms with E-state index in [1.54, 1.807) is 11.3 Å². The van der Waals surface area contributed by atoms with Gasteiger partial charge >= 0.3 is 6.03 Å². The summed E-state index contributed by atoms with van der Waals surface area (Å²) in [7, 11) is 0. The zero-order chi connectivity index (χ0) is 14.1. The van der Waals surface area contributed by atoms with Crippen LogP contribution in [0.2, 0.25) is 0 Å². The quantitative estimate of drug-likeness (QED) is 0.897. The van der Waals surface area contributed by atoms with Gasteiger partial charge in [-0.15, -0.1) is 11.3 Å². The number of nitrogens with zero attached hydrogens (tertiary/aromatic N) is 1. The minimum atomic E-state index is -0.0172. The molecule has 0 saturated carbocycles. The molecule has 3 rings (SSSR count). The normalized spacial score (nSPS) is 19.1. The Morgan fingerprint density at radius 3 is 2.85 bits per heavy atom. The minimum absolute atomic E-state index is 0.00660. The van der Waals surface area contributed by atoms with Crippen molar-refractivity contribution in [1.82, 2.24) is 10.2 Å². The van der Waals surface area contributed by atoms with E-state index in [0.717, 1.165) is 12.1 Å². The Morgan fingerprint density at radius 2 is 2.10 bits per heavy atom. The lowest BCUT2D eigenvalue weighted by atomic mass is 10.0. The third-order valence-corrected chi connectivity index (χ3v) is 4.74. The van der Waals surface area contributed by atoms with Crippen LogP contribution in [0.5, 0.6) is 0 Å². The monoisotopic (exact) mass is 286 g/mol. The number of nitrogens with one attached hydrogen (secondary N) is 1. The second-order valence-corrected chi connectivity index (χ2v) is 5.78. The van der Waals surface area contributed by atoms with Crippen LogP contribution < -0.4 is 5.32 Å². The Labute approximate surface area is 122 Å². The van der Waals surface area contributed by atoms with Crippen LogP contribution in [0, 0.1) is 0 Å². The molecule has 1 aliphatic heterocycles. The van der Waals surface area contributed by atoms with E-state index in [0.29, 0.717) is 6.54 Å². The molecule has 20 heavy (non-hydrogen) atoms. The first-order valence-corrected chi connectivity index (χ1v) is 7.87. The zero-order valence-electron chi connectivity index (χ0n) is 11.7. The molecule has 1 aromatic carbocycles. The molecule has 0 saturated heterocycles. The molecule has 1 N–H and O–H groups in total. The fourth-order valence-electron chi connectivity index (χ4n) is 2.73. The van der Waals surface area contributed by atoms with Crippen molar-refractivity contribution in [3.63, 3.8) is 0 Å². The van der Waals surface area contributed by atoms with E-state index >= 15 is 0 Å². The van der Waals surface area contributed by atoms with Gasteiger partial charge in [-0.3, -0.25) is 4.90 Å². The molecule has 0 bridgehead atoms. The van der Waals surface area contributed by atoms with Crippen molar-refractivity contribution >= 4 is 27.5 Å². The van der Waals surface area contributed by atoms with Gasteiger partial charge in [0.25, 0.3) is 0 Å². The number of carbonyl (C=O) groups excluding carboxylic acids is 1. The molecule has 4 heteroatoms. The van der Waals surface area contributed by atoms with E-state index in [2.05, 4.69) is 35.8 Å². The predicted molar refractivity (Wildman–Crippen MR) is 83.9 cm³/mol. The molecule has 1 atom stereocenters.